The highest BCUT2D eigenvalue weighted by Gasteiger charge is 2.13. The van der Waals surface area contributed by atoms with Gasteiger partial charge in [-0.05, 0) is 49.2 Å². The number of halogens is 1. The fourth-order valence-electron chi connectivity index (χ4n) is 2.87. The molecule has 0 bridgehead atoms. The van der Waals surface area contributed by atoms with E-state index >= 15 is 0 Å². The second kappa shape index (κ2) is 8.23. The Labute approximate surface area is 160 Å². The summed E-state index contributed by atoms with van der Waals surface area (Å²) in [6, 6.07) is 10.8. The third kappa shape index (κ3) is 4.16. The molecule has 2 N–H and O–H groups in total. The number of hydrazone groups is 1. The molecule has 26 heavy (non-hydrogen) atoms. The van der Waals surface area contributed by atoms with Crippen molar-refractivity contribution in [3.8, 4) is 11.5 Å². The second-order valence-electron chi connectivity index (χ2n) is 5.99. The van der Waals surface area contributed by atoms with Crippen molar-refractivity contribution in [2.45, 2.75) is 12.8 Å². The molecule has 3 rings (SSSR count). The maximum atomic E-state index is 12.2. The predicted molar refractivity (Wildman–Crippen MR) is 105 cm³/mol. The normalized spacial score (nSPS) is 14.0. The van der Waals surface area contributed by atoms with Gasteiger partial charge in [0, 0.05) is 34.4 Å². The average Bonchev–Trinajstić information content (AvgIpc) is 3.19. The fourth-order valence-corrected chi connectivity index (χ4v) is 3.33. The molecule has 0 atom stereocenters. The zero-order valence-corrected chi connectivity index (χ0v) is 16.0. The molecule has 1 aliphatic rings. The highest BCUT2D eigenvalue weighted by molar-refractivity contribution is 9.10. The van der Waals surface area contributed by atoms with Crippen molar-refractivity contribution in [2.24, 2.45) is 5.10 Å². The number of carbonyl (C=O) groups excluding carboxylic acids is 1. The van der Waals surface area contributed by atoms with Gasteiger partial charge in [0.15, 0.2) is 11.5 Å². The van der Waals surface area contributed by atoms with Crippen molar-refractivity contribution in [2.75, 3.05) is 25.1 Å². The van der Waals surface area contributed by atoms with E-state index in [1.54, 1.807) is 24.3 Å². The second-order valence-corrected chi connectivity index (χ2v) is 6.90. The van der Waals surface area contributed by atoms with E-state index in [0.717, 1.165) is 23.2 Å². The number of hydrogen-bond acceptors (Lipinski definition) is 5. The van der Waals surface area contributed by atoms with Gasteiger partial charge in [0.05, 0.1) is 13.3 Å². The third-order valence-electron chi connectivity index (χ3n) is 4.26. The van der Waals surface area contributed by atoms with Crippen molar-refractivity contribution in [1.29, 1.82) is 0 Å². The SMILES string of the molecule is COc1cc(Br)cc(/C=N/NC(=O)c2ccc(N3CCCC3)cc2)c1O. The molecular formula is C19H20BrN3O3. The van der Waals surface area contributed by atoms with Gasteiger partial charge in [0.25, 0.3) is 5.91 Å². The first-order chi connectivity index (χ1) is 12.6. The minimum absolute atomic E-state index is 0.0383. The molecule has 2 aromatic carbocycles. The number of carbonyl (C=O) groups is 1. The molecule has 2 aromatic rings. The minimum Gasteiger partial charge on any atom is -0.504 e. The molecule has 0 unspecified atom stereocenters. The van der Waals surface area contributed by atoms with Gasteiger partial charge in [-0.3, -0.25) is 4.79 Å². The number of aromatic hydroxyl groups is 1. The summed E-state index contributed by atoms with van der Waals surface area (Å²) in [6.07, 6.45) is 3.80. The van der Waals surface area contributed by atoms with Gasteiger partial charge in [-0.2, -0.15) is 5.10 Å². The summed E-state index contributed by atoms with van der Waals surface area (Å²) in [4.78, 5) is 14.5. The zero-order chi connectivity index (χ0) is 18.5. The molecule has 0 saturated carbocycles. The van der Waals surface area contributed by atoms with E-state index in [2.05, 4.69) is 31.4 Å². The number of ether oxygens (including phenoxy) is 1. The van der Waals surface area contributed by atoms with Gasteiger partial charge < -0.3 is 14.7 Å². The molecule has 0 spiro atoms. The van der Waals surface area contributed by atoms with E-state index in [-0.39, 0.29) is 11.7 Å². The molecule has 0 aromatic heterocycles. The van der Waals surface area contributed by atoms with Crippen LogP contribution in [-0.4, -0.2) is 37.4 Å². The Morgan fingerprint density at radius 2 is 1.96 bits per heavy atom. The van der Waals surface area contributed by atoms with E-state index < -0.39 is 0 Å². The van der Waals surface area contributed by atoms with E-state index in [1.165, 1.54) is 26.2 Å². The van der Waals surface area contributed by atoms with Crippen molar-refractivity contribution in [1.82, 2.24) is 5.43 Å². The molecule has 136 valence electrons. The minimum atomic E-state index is -0.310. The van der Waals surface area contributed by atoms with Gasteiger partial charge in [-0.15, -0.1) is 0 Å². The number of anilines is 1. The Kier molecular flexibility index (Phi) is 5.78. The molecule has 1 saturated heterocycles. The lowest BCUT2D eigenvalue weighted by Gasteiger charge is -2.17. The van der Waals surface area contributed by atoms with Crippen molar-refractivity contribution in [3.05, 3.63) is 52.0 Å². The molecule has 1 fully saturated rings. The lowest BCUT2D eigenvalue weighted by atomic mass is 10.2. The Morgan fingerprint density at radius 3 is 2.62 bits per heavy atom. The largest absolute Gasteiger partial charge is 0.504 e. The molecule has 6 nitrogen and oxygen atoms in total. The lowest BCUT2D eigenvalue weighted by molar-refractivity contribution is 0.0955. The number of benzene rings is 2. The molecule has 1 amide bonds. The zero-order valence-electron chi connectivity index (χ0n) is 14.4. The van der Waals surface area contributed by atoms with Gasteiger partial charge in [-0.25, -0.2) is 5.43 Å². The number of amides is 1. The number of rotatable bonds is 5. The summed E-state index contributed by atoms with van der Waals surface area (Å²) in [7, 11) is 1.47. The van der Waals surface area contributed by atoms with E-state index in [1.807, 2.05) is 12.1 Å². The molecule has 0 radical (unpaired) electrons. The van der Waals surface area contributed by atoms with Crippen LogP contribution in [0, 0.1) is 0 Å². The fraction of sp³-hybridized carbons (Fsp3) is 0.263. The lowest BCUT2D eigenvalue weighted by Crippen LogP contribution is -2.19. The number of phenols is 1. The molecule has 7 heteroatoms. The summed E-state index contributed by atoms with van der Waals surface area (Å²) in [5, 5.41) is 14.0. The number of phenolic OH excluding ortho intramolecular Hbond substituents is 1. The Balaban J connectivity index is 1.65. The summed E-state index contributed by atoms with van der Waals surface area (Å²) in [5.74, 6) is -0.0241. The third-order valence-corrected chi connectivity index (χ3v) is 4.72. The van der Waals surface area contributed by atoms with Gasteiger partial charge in [0.1, 0.15) is 0 Å². The first-order valence-electron chi connectivity index (χ1n) is 8.33. The maximum absolute atomic E-state index is 12.2. The van der Waals surface area contributed by atoms with Crippen LogP contribution < -0.4 is 15.1 Å². The monoisotopic (exact) mass is 417 g/mol. The highest BCUT2D eigenvalue weighted by atomic mass is 79.9. The number of nitrogens with one attached hydrogen (secondary N) is 1. The summed E-state index contributed by atoms with van der Waals surface area (Å²) < 4.78 is 5.82. The summed E-state index contributed by atoms with van der Waals surface area (Å²) in [6.45, 7) is 2.13. The summed E-state index contributed by atoms with van der Waals surface area (Å²) >= 11 is 3.34. The summed E-state index contributed by atoms with van der Waals surface area (Å²) in [5.41, 5.74) is 4.56. The van der Waals surface area contributed by atoms with Gasteiger partial charge in [0.2, 0.25) is 0 Å². The van der Waals surface area contributed by atoms with Crippen LogP contribution in [0.5, 0.6) is 11.5 Å². The Hall–Kier alpha value is -2.54. The predicted octanol–water partition coefficient (Wildman–Crippen LogP) is 3.53. The number of hydrogen-bond donors (Lipinski definition) is 2. The highest BCUT2D eigenvalue weighted by Crippen LogP contribution is 2.32. The topological polar surface area (TPSA) is 74.2 Å². The Bertz CT molecular complexity index is 816. The van der Waals surface area contributed by atoms with Crippen molar-refractivity contribution < 1.29 is 14.6 Å². The van der Waals surface area contributed by atoms with Crippen LogP contribution in [-0.2, 0) is 0 Å². The van der Waals surface area contributed by atoms with Crippen molar-refractivity contribution >= 4 is 33.7 Å². The maximum Gasteiger partial charge on any atom is 0.271 e. The van der Waals surface area contributed by atoms with Crippen LogP contribution >= 0.6 is 15.9 Å². The Morgan fingerprint density at radius 1 is 1.27 bits per heavy atom. The van der Waals surface area contributed by atoms with Crippen LogP contribution in [0.15, 0.2) is 46.0 Å². The van der Waals surface area contributed by atoms with Crippen LogP contribution in [0.2, 0.25) is 0 Å². The average molecular weight is 418 g/mol. The standard InChI is InChI=1S/C19H20BrN3O3/c1-26-17-11-15(20)10-14(18(17)24)12-21-22-19(25)13-4-6-16(7-5-13)23-8-2-3-9-23/h4-7,10-12,24H,2-3,8-9H2,1H3,(H,22,25)/b21-12+. The van der Waals surface area contributed by atoms with Gasteiger partial charge in [-0.1, -0.05) is 15.9 Å². The molecule has 1 aliphatic heterocycles. The smallest absolute Gasteiger partial charge is 0.271 e. The van der Waals surface area contributed by atoms with E-state index in [0.29, 0.717) is 16.9 Å². The molecular weight excluding hydrogens is 398 g/mol. The van der Waals surface area contributed by atoms with Crippen molar-refractivity contribution in [3.63, 3.8) is 0 Å². The van der Waals surface area contributed by atoms with Gasteiger partial charge >= 0.3 is 0 Å². The number of methoxy groups -OCH3 is 1. The molecule has 0 aliphatic carbocycles. The molecule has 1 heterocycles. The van der Waals surface area contributed by atoms with Crippen LogP contribution in [0.4, 0.5) is 5.69 Å². The van der Waals surface area contributed by atoms with E-state index in [9.17, 15) is 9.90 Å². The van der Waals surface area contributed by atoms with Crippen LogP contribution in [0.1, 0.15) is 28.8 Å². The quantitative estimate of drug-likeness (QED) is 0.576. The van der Waals surface area contributed by atoms with Crippen LogP contribution in [0.3, 0.4) is 0 Å². The number of nitrogens with zero attached hydrogens (tertiary/aromatic N) is 2. The van der Waals surface area contributed by atoms with E-state index in [4.69, 9.17) is 4.74 Å². The first-order valence-corrected chi connectivity index (χ1v) is 9.12. The van der Waals surface area contributed by atoms with Crippen LogP contribution in [0.25, 0.3) is 0 Å². The first kappa shape index (κ1) is 18.3.